The average molecular weight is 402 g/mol. The number of benzene rings is 1. The first-order valence-corrected chi connectivity index (χ1v) is 10.3. The van der Waals surface area contributed by atoms with Crippen LogP contribution in [0.15, 0.2) is 57.4 Å². The topological polar surface area (TPSA) is 75.4 Å². The Bertz CT molecular complexity index is 905. The number of aromatic nitrogens is 1. The molecule has 0 bridgehead atoms. The van der Waals surface area contributed by atoms with Gasteiger partial charge < -0.3 is 9.32 Å². The standard InChI is InChI=1S/C19H19N3O3S2/c1-22(11-13-5-7-15(26-2)8-6-13)17(23)10-14-12-27-19(20-14)21-18(24)16-4-3-9-25-16/h3-9,12H,10-11H2,1-2H3,(H,20,21,24). The lowest BCUT2D eigenvalue weighted by Gasteiger charge is -2.17. The van der Waals surface area contributed by atoms with E-state index in [1.165, 1.54) is 22.5 Å². The highest BCUT2D eigenvalue weighted by Gasteiger charge is 2.15. The molecular formula is C19H19N3O3S2. The van der Waals surface area contributed by atoms with Gasteiger partial charge in [-0.05, 0) is 36.1 Å². The highest BCUT2D eigenvalue weighted by Crippen LogP contribution is 2.18. The molecule has 3 rings (SSSR count). The molecule has 1 N–H and O–H groups in total. The lowest BCUT2D eigenvalue weighted by molar-refractivity contribution is -0.129. The second-order valence-electron chi connectivity index (χ2n) is 5.85. The summed E-state index contributed by atoms with van der Waals surface area (Å²) < 4.78 is 5.04. The van der Waals surface area contributed by atoms with E-state index in [-0.39, 0.29) is 24.0 Å². The fraction of sp³-hybridized carbons (Fsp3) is 0.211. The van der Waals surface area contributed by atoms with E-state index in [2.05, 4.69) is 10.3 Å². The zero-order chi connectivity index (χ0) is 19.2. The molecule has 2 amide bonds. The van der Waals surface area contributed by atoms with Gasteiger partial charge in [0.05, 0.1) is 18.4 Å². The molecule has 0 fully saturated rings. The van der Waals surface area contributed by atoms with E-state index in [4.69, 9.17) is 4.42 Å². The van der Waals surface area contributed by atoms with Gasteiger partial charge in [-0.1, -0.05) is 12.1 Å². The van der Waals surface area contributed by atoms with Crippen molar-refractivity contribution in [3.05, 3.63) is 65.1 Å². The van der Waals surface area contributed by atoms with Crippen LogP contribution in [-0.4, -0.2) is 35.0 Å². The number of amides is 2. The largest absolute Gasteiger partial charge is 0.459 e. The molecule has 1 aromatic carbocycles. The van der Waals surface area contributed by atoms with Crippen LogP contribution < -0.4 is 5.32 Å². The molecule has 8 heteroatoms. The maximum absolute atomic E-state index is 12.4. The molecule has 0 aliphatic heterocycles. The molecule has 2 heterocycles. The minimum absolute atomic E-state index is 0.0295. The van der Waals surface area contributed by atoms with E-state index < -0.39 is 0 Å². The molecule has 0 radical (unpaired) electrons. The molecule has 0 atom stereocenters. The SMILES string of the molecule is CSc1ccc(CN(C)C(=O)Cc2csc(NC(=O)c3ccco3)n2)cc1. The quantitative estimate of drug-likeness (QED) is 0.608. The Labute approximate surface area is 165 Å². The van der Waals surface area contributed by atoms with Crippen molar-refractivity contribution < 1.29 is 14.0 Å². The van der Waals surface area contributed by atoms with Gasteiger partial charge in [-0.3, -0.25) is 14.9 Å². The van der Waals surface area contributed by atoms with Gasteiger partial charge in [-0.15, -0.1) is 23.1 Å². The maximum atomic E-state index is 12.4. The van der Waals surface area contributed by atoms with Crippen molar-refractivity contribution in [3.63, 3.8) is 0 Å². The number of likely N-dealkylation sites (N-methyl/N-ethyl adjacent to an activating group) is 1. The van der Waals surface area contributed by atoms with E-state index in [0.717, 1.165) is 5.56 Å². The zero-order valence-corrected chi connectivity index (χ0v) is 16.6. The number of thioether (sulfide) groups is 1. The lowest BCUT2D eigenvalue weighted by Crippen LogP contribution is -2.27. The maximum Gasteiger partial charge on any atom is 0.293 e. The van der Waals surface area contributed by atoms with E-state index >= 15 is 0 Å². The summed E-state index contributed by atoms with van der Waals surface area (Å²) in [5.41, 5.74) is 1.71. The number of nitrogens with zero attached hydrogens (tertiary/aromatic N) is 2. The van der Waals surface area contributed by atoms with Crippen LogP contribution in [0.1, 0.15) is 21.8 Å². The smallest absolute Gasteiger partial charge is 0.293 e. The number of rotatable bonds is 7. The molecule has 0 aliphatic rings. The van der Waals surface area contributed by atoms with Crippen LogP contribution in [0.4, 0.5) is 5.13 Å². The molecular weight excluding hydrogens is 382 g/mol. The van der Waals surface area contributed by atoms with Crippen molar-refractivity contribution in [2.75, 3.05) is 18.6 Å². The van der Waals surface area contributed by atoms with Gasteiger partial charge in [-0.2, -0.15) is 0 Å². The summed E-state index contributed by atoms with van der Waals surface area (Å²) >= 11 is 2.97. The van der Waals surface area contributed by atoms with Crippen LogP contribution >= 0.6 is 23.1 Å². The highest BCUT2D eigenvalue weighted by atomic mass is 32.2. The number of nitrogens with one attached hydrogen (secondary N) is 1. The molecule has 0 saturated heterocycles. The van der Waals surface area contributed by atoms with Gasteiger partial charge in [-0.25, -0.2) is 4.98 Å². The average Bonchev–Trinajstić information content (AvgIpc) is 3.34. The van der Waals surface area contributed by atoms with Gasteiger partial charge in [0.2, 0.25) is 5.91 Å². The third-order valence-electron chi connectivity index (χ3n) is 3.85. The van der Waals surface area contributed by atoms with Crippen LogP contribution in [0.2, 0.25) is 0 Å². The molecule has 2 aromatic heterocycles. The zero-order valence-electron chi connectivity index (χ0n) is 15.0. The number of furan rings is 1. The first-order valence-electron chi connectivity index (χ1n) is 8.21. The number of carbonyl (C=O) groups is 2. The summed E-state index contributed by atoms with van der Waals surface area (Å²) in [5, 5.41) is 4.88. The molecule has 140 valence electrons. The monoisotopic (exact) mass is 401 g/mol. The first-order chi connectivity index (χ1) is 13.0. The van der Waals surface area contributed by atoms with Gasteiger partial charge in [0.1, 0.15) is 0 Å². The summed E-state index contributed by atoms with van der Waals surface area (Å²) in [6.07, 6.45) is 3.65. The molecule has 6 nitrogen and oxygen atoms in total. The minimum atomic E-state index is -0.363. The number of hydrogen-bond donors (Lipinski definition) is 1. The molecule has 3 aromatic rings. The van der Waals surface area contributed by atoms with Gasteiger partial charge in [0.15, 0.2) is 10.9 Å². The summed E-state index contributed by atoms with van der Waals surface area (Å²) in [6.45, 7) is 0.541. The van der Waals surface area contributed by atoms with Crippen LogP contribution in [0.3, 0.4) is 0 Å². The van der Waals surface area contributed by atoms with E-state index in [0.29, 0.717) is 17.4 Å². The van der Waals surface area contributed by atoms with E-state index in [1.54, 1.807) is 41.2 Å². The Morgan fingerprint density at radius 3 is 2.70 bits per heavy atom. The second kappa shape index (κ2) is 8.88. The molecule has 27 heavy (non-hydrogen) atoms. The third-order valence-corrected chi connectivity index (χ3v) is 5.40. The van der Waals surface area contributed by atoms with Crippen molar-refractivity contribution >= 4 is 40.0 Å². The first kappa shape index (κ1) is 19.2. The fourth-order valence-electron chi connectivity index (χ4n) is 2.39. The summed E-state index contributed by atoms with van der Waals surface area (Å²) in [7, 11) is 1.77. The van der Waals surface area contributed by atoms with Gasteiger partial charge in [0, 0.05) is 23.9 Å². The van der Waals surface area contributed by atoms with Gasteiger partial charge >= 0.3 is 0 Å². The number of thiazole rings is 1. The second-order valence-corrected chi connectivity index (χ2v) is 7.59. The predicted octanol–water partition coefficient (Wildman–Crippen LogP) is 3.91. The number of hydrogen-bond acceptors (Lipinski definition) is 6. The van der Waals surface area contributed by atoms with E-state index in [1.807, 2.05) is 30.5 Å². The number of anilines is 1. The highest BCUT2D eigenvalue weighted by molar-refractivity contribution is 7.98. The Balaban J connectivity index is 1.54. The molecule has 0 unspecified atom stereocenters. The molecule has 0 aliphatic carbocycles. The van der Waals surface area contributed by atoms with Crippen molar-refractivity contribution in [3.8, 4) is 0 Å². The van der Waals surface area contributed by atoms with Crippen LogP contribution in [-0.2, 0) is 17.8 Å². The van der Waals surface area contributed by atoms with Crippen LogP contribution in [0, 0.1) is 0 Å². The Hall–Kier alpha value is -2.58. The summed E-state index contributed by atoms with van der Waals surface area (Å²) in [4.78, 5) is 31.6. The number of carbonyl (C=O) groups excluding carboxylic acids is 2. The van der Waals surface area contributed by atoms with Crippen molar-refractivity contribution in [2.24, 2.45) is 0 Å². The Morgan fingerprint density at radius 2 is 2.04 bits per heavy atom. The Morgan fingerprint density at radius 1 is 1.26 bits per heavy atom. The lowest BCUT2D eigenvalue weighted by atomic mass is 10.2. The normalized spacial score (nSPS) is 10.6. The fourth-order valence-corrected chi connectivity index (χ4v) is 3.51. The summed E-state index contributed by atoms with van der Waals surface area (Å²) in [5.74, 6) is -0.175. The third kappa shape index (κ3) is 5.21. The molecule has 0 saturated carbocycles. The Kier molecular flexibility index (Phi) is 6.31. The summed E-state index contributed by atoms with van der Waals surface area (Å²) in [6, 6.07) is 11.4. The van der Waals surface area contributed by atoms with Crippen molar-refractivity contribution in [2.45, 2.75) is 17.9 Å². The van der Waals surface area contributed by atoms with E-state index in [9.17, 15) is 9.59 Å². The van der Waals surface area contributed by atoms with Gasteiger partial charge in [0.25, 0.3) is 5.91 Å². The predicted molar refractivity (Wildman–Crippen MR) is 107 cm³/mol. The molecule has 0 spiro atoms. The van der Waals surface area contributed by atoms with Crippen LogP contribution in [0.5, 0.6) is 0 Å². The van der Waals surface area contributed by atoms with Crippen molar-refractivity contribution in [1.29, 1.82) is 0 Å². The van der Waals surface area contributed by atoms with Crippen LogP contribution in [0.25, 0.3) is 0 Å². The minimum Gasteiger partial charge on any atom is -0.459 e. The van der Waals surface area contributed by atoms with Crippen molar-refractivity contribution in [1.82, 2.24) is 9.88 Å².